The molecule has 2 amide bonds. The zero-order valence-electron chi connectivity index (χ0n) is 9.96. The second-order valence-electron chi connectivity index (χ2n) is 3.69. The maximum absolute atomic E-state index is 12.0. The van der Waals surface area contributed by atoms with Crippen LogP contribution in [-0.4, -0.2) is 25.0 Å². The smallest absolute Gasteiger partial charge is 0.287 e. The number of amides is 2. The maximum Gasteiger partial charge on any atom is 0.287 e. The van der Waals surface area contributed by atoms with E-state index < -0.39 is 11.9 Å². The first-order chi connectivity index (χ1) is 9.10. The number of methoxy groups -OCH3 is 1. The van der Waals surface area contributed by atoms with Crippen LogP contribution in [0, 0.1) is 0 Å². The standard InChI is InChI=1S/C12H10BrN3O3/c1-19-10-4-2-7(13)6-9(10)14-12(18)8-3-5-11(17)16-15-8/h2-6,8H,1H3,(H,14,18). The zero-order valence-corrected chi connectivity index (χ0v) is 11.5. The predicted octanol–water partition coefficient (Wildman–Crippen LogP) is 2.31. The fraction of sp³-hybridized carbons (Fsp3) is 0.167. The van der Waals surface area contributed by atoms with Crippen LogP contribution in [0.15, 0.2) is 45.1 Å². The van der Waals surface area contributed by atoms with Gasteiger partial charge in [0.05, 0.1) is 12.8 Å². The van der Waals surface area contributed by atoms with Gasteiger partial charge in [-0.1, -0.05) is 15.9 Å². The Labute approximate surface area is 117 Å². The van der Waals surface area contributed by atoms with E-state index in [0.29, 0.717) is 11.4 Å². The van der Waals surface area contributed by atoms with Crippen molar-refractivity contribution >= 4 is 33.4 Å². The van der Waals surface area contributed by atoms with E-state index in [4.69, 9.17) is 4.74 Å². The average molecular weight is 324 g/mol. The molecule has 98 valence electrons. The monoisotopic (exact) mass is 323 g/mol. The number of carbonyl (C=O) groups is 2. The molecule has 1 aliphatic rings. The highest BCUT2D eigenvalue weighted by Crippen LogP contribution is 2.28. The van der Waals surface area contributed by atoms with Crippen LogP contribution < -0.4 is 10.1 Å². The first kappa shape index (κ1) is 13.4. The predicted molar refractivity (Wildman–Crippen MR) is 72.1 cm³/mol. The third-order valence-electron chi connectivity index (χ3n) is 2.39. The molecule has 7 heteroatoms. The molecule has 1 aromatic carbocycles. The van der Waals surface area contributed by atoms with Crippen LogP contribution in [-0.2, 0) is 9.59 Å². The van der Waals surface area contributed by atoms with Crippen LogP contribution in [0.25, 0.3) is 0 Å². The number of azo groups is 1. The third kappa shape index (κ3) is 3.25. The molecule has 0 saturated carbocycles. The summed E-state index contributed by atoms with van der Waals surface area (Å²) in [5.74, 6) is -0.322. The van der Waals surface area contributed by atoms with Crippen molar-refractivity contribution in [2.24, 2.45) is 10.2 Å². The molecule has 6 nitrogen and oxygen atoms in total. The Morgan fingerprint density at radius 1 is 1.47 bits per heavy atom. The second kappa shape index (κ2) is 5.75. The summed E-state index contributed by atoms with van der Waals surface area (Å²) in [5.41, 5.74) is 0.516. The van der Waals surface area contributed by atoms with Crippen LogP contribution in [0.4, 0.5) is 5.69 Å². The Morgan fingerprint density at radius 2 is 2.26 bits per heavy atom. The highest BCUT2D eigenvalue weighted by molar-refractivity contribution is 9.10. The first-order valence-electron chi connectivity index (χ1n) is 5.37. The fourth-order valence-corrected chi connectivity index (χ4v) is 1.85. The highest BCUT2D eigenvalue weighted by atomic mass is 79.9. The molecule has 19 heavy (non-hydrogen) atoms. The van der Waals surface area contributed by atoms with Gasteiger partial charge in [0, 0.05) is 10.5 Å². The number of carbonyl (C=O) groups excluding carboxylic acids is 2. The lowest BCUT2D eigenvalue weighted by atomic mass is 10.2. The van der Waals surface area contributed by atoms with E-state index in [1.54, 1.807) is 18.2 Å². The van der Waals surface area contributed by atoms with Crippen molar-refractivity contribution in [1.29, 1.82) is 0 Å². The molecule has 0 fully saturated rings. The molecular weight excluding hydrogens is 314 g/mol. The van der Waals surface area contributed by atoms with Gasteiger partial charge in [-0.05, 0) is 24.3 Å². The third-order valence-corrected chi connectivity index (χ3v) is 2.88. The molecule has 1 aromatic rings. The van der Waals surface area contributed by atoms with E-state index in [-0.39, 0.29) is 5.91 Å². The molecule has 0 aliphatic carbocycles. The van der Waals surface area contributed by atoms with Gasteiger partial charge >= 0.3 is 0 Å². The topological polar surface area (TPSA) is 80.1 Å². The van der Waals surface area contributed by atoms with E-state index in [1.165, 1.54) is 19.3 Å². The number of hydrogen-bond donors (Lipinski definition) is 1. The Hall–Kier alpha value is -2.02. The number of rotatable bonds is 3. The summed E-state index contributed by atoms with van der Waals surface area (Å²) in [4.78, 5) is 22.8. The highest BCUT2D eigenvalue weighted by Gasteiger charge is 2.19. The summed E-state index contributed by atoms with van der Waals surface area (Å²) in [6.07, 6.45) is 2.62. The van der Waals surface area contributed by atoms with E-state index in [0.717, 1.165) is 4.47 Å². The molecule has 1 aliphatic heterocycles. The molecule has 0 saturated heterocycles. The minimum atomic E-state index is -0.804. The second-order valence-corrected chi connectivity index (χ2v) is 4.61. The van der Waals surface area contributed by atoms with Crippen LogP contribution in [0.1, 0.15) is 0 Å². The molecule has 1 unspecified atom stereocenters. The van der Waals surface area contributed by atoms with Gasteiger partial charge in [0.25, 0.3) is 11.8 Å². The van der Waals surface area contributed by atoms with Crippen LogP contribution in [0.5, 0.6) is 5.75 Å². The molecule has 0 aromatic heterocycles. The minimum Gasteiger partial charge on any atom is -0.495 e. The number of benzene rings is 1. The van der Waals surface area contributed by atoms with Gasteiger partial charge in [-0.3, -0.25) is 9.59 Å². The number of hydrogen-bond acceptors (Lipinski definition) is 4. The van der Waals surface area contributed by atoms with Crippen molar-refractivity contribution in [2.45, 2.75) is 6.04 Å². The van der Waals surface area contributed by atoms with Gasteiger partial charge in [-0.2, -0.15) is 5.11 Å². The van der Waals surface area contributed by atoms with E-state index in [9.17, 15) is 9.59 Å². The Kier molecular flexibility index (Phi) is 4.06. The average Bonchev–Trinajstić information content (AvgIpc) is 2.39. The normalized spacial score (nSPS) is 17.4. The maximum atomic E-state index is 12.0. The summed E-state index contributed by atoms with van der Waals surface area (Å²) >= 11 is 3.31. The van der Waals surface area contributed by atoms with Gasteiger partial charge < -0.3 is 10.1 Å². The van der Waals surface area contributed by atoms with Gasteiger partial charge in [-0.15, -0.1) is 5.11 Å². The van der Waals surface area contributed by atoms with Gasteiger partial charge in [0.1, 0.15) is 5.75 Å². The molecule has 0 spiro atoms. The van der Waals surface area contributed by atoms with Crippen molar-refractivity contribution in [1.82, 2.24) is 0 Å². The van der Waals surface area contributed by atoms with Crippen molar-refractivity contribution in [3.63, 3.8) is 0 Å². The largest absolute Gasteiger partial charge is 0.495 e. The molecule has 1 N–H and O–H groups in total. The number of halogens is 1. The molecule has 2 rings (SSSR count). The van der Waals surface area contributed by atoms with Crippen LogP contribution in [0.2, 0.25) is 0 Å². The lowest BCUT2D eigenvalue weighted by molar-refractivity contribution is -0.117. The van der Waals surface area contributed by atoms with E-state index in [2.05, 4.69) is 31.5 Å². The summed E-state index contributed by atoms with van der Waals surface area (Å²) in [6, 6.07) is 4.43. The number of anilines is 1. The summed E-state index contributed by atoms with van der Waals surface area (Å²) in [5, 5.41) is 9.62. The van der Waals surface area contributed by atoms with Crippen LogP contribution in [0.3, 0.4) is 0 Å². The zero-order chi connectivity index (χ0) is 13.8. The molecular formula is C12H10BrN3O3. The molecule has 0 bridgehead atoms. The SMILES string of the molecule is COc1ccc(Br)cc1NC(=O)C1C=CC(=O)N=N1. The summed E-state index contributed by atoms with van der Waals surface area (Å²) in [6.45, 7) is 0. The van der Waals surface area contributed by atoms with Crippen molar-refractivity contribution in [2.75, 3.05) is 12.4 Å². The van der Waals surface area contributed by atoms with Gasteiger partial charge in [-0.25, -0.2) is 0 Å². The Balaban J connectivity index is 2.15. The molecule has 1 atom stereocenters. The Bertz CT molecular complexity index is 568. The van der Waals surface area contributed by atoms with Gasteiger partial charge in [0.15, 0.2) is 6.04 Å². The summed E-state index contributed by atoms with van der Waals surface area (Å²) in [7, 11) is 1.51. The Morgan fingerprint density at radius 3 is 2.89 bits per heavy atom. The lowest BCUT2D eigenvalue weighted by Crippen LogP contribution is -2.26. The number of ether oxygens (including phenoxy) is 1. The quantitative estimate of drug-likeness (QED) is 0.926. The van der Waals surface area contributed by atoms with Crippen LogP contribution >= 0.6 is 15.9 Å². The van der Waals surface area contributed by atoms with Gasteiger partial charge in [0.2, 0.25) is 0 Å². The van der Waals surface area contributed by atoms with Crippen molar-refractivity contribution in [3.8, 4) is 5.75 Å². The van der Waals surface area contributed by atoms with Crippen molar-refractivity contribution < 1.29 is 14.3 Å². The number of nitrogens with one attached hydrogen (secondary N) is 1. The summed E-state index contributed by atoms with van der Waals surface area (Å²) < 4.78 is 5.95. The molecule has 0 radical (unpaired) electrons. The van der Waals surface area contributed by atoms with Crippen molar-refractivity contribution in [3.05, 3.63) is 34.8 Å². The lowest BCUT2D eigenvalue weighted by Gasteiger charge is -2.13. The first-order valence-corrected chi connectivity index (χ1v) is 6.17. The number of nitrogens with zero attached hydrogens (tertiary/aromatic N) is 2. The van der Waals surface area contributed by atoms with E-state index in [1.807, 2.05) is 0 Å². The minimum absolute atomic E-state index is 0.385. The molecule has 1 heterocycles. The fourth-order valence-electron chi connectivity index (χ4n) is 1.49. The van der Waals surface area contributed by atoms with E-state index >= 15 is 0 Å².